The molecule has 0 aliphatic rings. The van der Waals surface area contributed by atoms with Gasteiger partial charge in [-0.25, -0.2) is 14.2 Å². The van der Waals surface area contributed by atoms with Gasteiger partial charge in [0, 0.05) is 24.0 Å². The van der Waals surface area contributed by atoms with Crippen LogP contribution >= 0.6 is 0 Å². The third kappa shape index (κ3) is 5.67. The first kappa shape index (κ1) is 19.6. The number of nitrogens with zero attached hydrogens (tertiary/aromatic N) is 1. The number of hydrogen-bond acceptors (Lipinski definition) is 6. The van der Waals surface area contributed by atoms with E-state index in [-0.39, 0.29) is 29.4 Å². The number of halogens is 1. The summed E-state index contributed by atoms with van der Waals surface area (Å²) in [5, 5.41) is 13.9. The van der Waals surface area contributed by atoms with Gasteiger partial charge in [0.05, 0.1) is 6.42 Å². The molecule has 0 spiro atoms. The van der Waals surface area contributed by atoms with Crippen LogP contribution < -0.4 is 21.1 Å². The lowest BCUT2D eigenvalue weighted by atomic mass is 10.1. The Morgan fingerprint density at radius 1 is 1.14 bits per heavy atom. The van der Waals surface area contributed by atoms with Crippen LogP contribution in [-0.2, 0) is 11.2 Å². The topological polar surface area (TPSA) is 127 Å². The average Bonchev–Trinajstić information content (AvgIpc) is 2.64. The number of nitrogens with two attached hydrogens (primary N) is 1. The predicted molar refractivity (Wildman–Crippen MR) is 104 cm³/mol. The second kappa shape index (κ2) is 8.70. The number of aromatic nitrogens is 1. The van der Waals surface area contributed by atoms with E-state index in [1.165, 1.54) is 42.6 Å². The summed E-state index contributed by atoms with van der Waals surface area (Å²) in [6, 6.07) is 12.1. The molecule has 0 aliphatic carbocycles. The highest BCUT2D eigenvalue weighted by molar-refractivity contribution is 6.01. The summed E-state index contributed by atoms with van der Waals surface area (Å²) < 4.78 is 19.6. The van der Waals surface area contributed by atoms with Crippen molar-refractivity contribution in [2.75, 3.05) is 11.1 Å². The summed E-state index contributed by atoms with van der Waals surface area (Å²) >= 11 is 0. The summed E-state index contributed by atoms with van der Waals surface area (Å²) in [7, 11) is 0. The number of pyridine rings is 1. The third-order valence-corrected chi connectivity index (χ3v) is 3.70. The summed E-state index contributed by atoms with van der Waals surface area (Å²) in [6.07, 6.45) is 1.33. The average molecular weight is 396 g/mol. The van der Waals surface area contributed by atoms with E-state index in [9.17, 15) is 19.1 Å². The van der Waals surface area contributed by atoms with E-state index >= 15 is 0 Å². The van der Waals surface area contributed by atoms with Gasteiger partial charge in [0.1, 0.15) is 17.3 Å². The number of ether oxygens (including phenoxy) is 1. The molecule has 2 aromatic carbocycles. The van der Waals surface area contributed by atoms with E-state index in [1.807, 2.05) is 0 Å². The monoisotopic (exact) mass is 396 g/mol. The number of benzene rings is 2. The Morgan fingerprint density at radius 2 is 1.97 bits per heavy atom. The minimum Gasteiger partial charge on any atom is -0.508 e. The number of carbonyl (C=O) groups is 2. The van der Waals surface area contributed by atoms with E-state index in [0.29, 0.717) is 11.3 Å². The highest BCUT2D eigenvalue weighted by atomic mass is 19.1. The van der Waals surface area contributed by atoms with Crippen molar-refractivity contribution in [2.24, 2.45) is 0 Å². The van der Waals surface area contributed by atoms with E-state index in [4.69, 9.17) is 10.5 Å². The maximum absolute atomic E-state index is 14.2. The molecule has 29 heavy (non-hydrogen) atoms. The normalized spacial score (nSPS) is 10.2. The van der Waals surface area contributed by atoms with Crippen LogP contribution in [0.25, 0.3) is 0 Å². The molecule has 3 amide bonds. The fourth-order valence-electron chi connectivity index (χ4n) is 2.46. The number of phenols is 1. The van der Waals surface area contributed by atoms with E-state index < -0.39 is 17.8 Å². The fraction of sp³-hybridized carbons (Fsp3) is 0.0500. The molecule has 148 valence electrons. The lowest BCUT2D eigenvalue weighted by Crippen LogP contribution is -2.35. The summed E-state index contributed by atoms with van der Waals surface area (Å²) in [5.41, 5.74) is 6.22. The molecule has 3 aromatic rings. The minimum atomic E-state index is -0.815. The summed E-state index contributed by atoms with van der Waals surface area (Å²) in [4.78, 5) is 27.7. The smallest absolute Gasteiger partial charge is 0.325 e. The number of rotatable bonds is 5. The van der Waals surface area contributed by atoms with Crippen LogP contribution in [0.3, 0.4) is 0 Å². The highest BCUT2D eigenvalue weighted by Crippen LogP contribution is 2.27. The van der Waals surface area contributed by atoms with Crippen LogP contribution in [0.5, 0.6) is 17.2 Å². The number of hydrogen-bond donors (Lipinski definition) is 4. The van der Waals surface area contributed by atoms with Gasteiger partial charge >= 0.3 is 6.03 Å². The van der Waals surface area contributed by atoms with Crippen LogP contribution in [0.1, 0.15) is 5.56 Å². The van der Waals surface area contributed by atoms with Gasteiger partial charge in [-0.1, -0.05) is 12.1 Å². The van der Waals surface area contributed by atoms with Crippen molar-refractivity contribution in [1.82, 2.24) is 10.3 Å². The number of carbonyl (C=O) groups excluding carboxylic acids is 2. The zero-order valence-corrected chi connectivity index (χ0v) is 15.1. The van der Waals surface area contributed by atoms with Crippen LogP contribution in [0.4, 0.5) is 20.7 Å². The van der Waals surface area contributed by atoms with Crippen molar-refractivity contribution >= 4 is 23.4 Å². The van der Waals surface area contributed by atoms with Crippen molar-refractivity contribution in [2.45, 2.75) is 6.42 Å². The second-order valence-corrected chi connectivity index (χ2v) is 6.01. The Bertz CT molecular complexity index is 1060. The number of imide groups is 1. The Labute approximate surface area is 165 Å². The SMILES string of the molecule is Nc1cc(Oc2ccc(NC(=O)NC(=O)Cc3cccc(O)c3)cc2F)ccn1. The molecule has 0 saturated heterocycles. The van der Waals surface area contributed by atoms with E-state index in [2.05, 4.69) is 15.6 Å². The first-order chi connectivity index (χ1) is 13.9. The number of phenolic OH excluding ortho intramolecular Hbond substituents is 1. The van der Waals surface area contributed by atoms with Crippen LogP contribution in [0, 0.1) is 5.82 Å². The number of aromatic hydroxyl groups is 1. The Balaban J connectivity index is 1.57. The van der Waals surface area contributed by atoms with Gasteiger partial charge in [0.2, 0.25) is 5.91 Å². The number of amides is 3. The number of nitrogen functional groups attached to an aromatic ring is 1. The molecule has 8 nitrogen and oxygen atoms in total. The first-order valence-corrected chi connectivity index (χ1v) is 8.47. The van der Waals surface area contributed by atoms with Crippen molar-refractivity contribution in [3.63, 3.8) is 0 Å². The summed E-state index contributed by atoms with van der Waals surface area (Å²) in [6.45, 7) is 0. The molecule has 1 aromatic heterocycles. The number of nitrogens with one attached hydrogen (secondary N) is 2. The van der Waals surface area contributed by atoms with Crippen molar-refractivity contribution in [3.05, 3.63) is 72.2 Å². The lowest BCUT2D eigenvalue weighted by molar-refractivity contribution is -0.119. The maximum atomic E-state index is 14.2. The van der Waals surface area contributed by atoms with Crippen LogP contribution in [0.15, 0.2) is 60.8 Å². The minimum absolute atomic E-state index is 0.0204. The maximum Gasteiger partial charge on any atom is 0.325 e. The predicted octanol–water partition coefficient (Wildman–Crippen LogP) is 3.19. The Hall–Kier alpha value is -4.14. The van der Waals surface area contributed by atoms with Crippen LogP contribution in [0.2, 0.25) is 0 Å². The zero-order chi connectivity index (χ0) is 20.8. The van der Waals surface area contributed by atoms with Crippen molar-refractivity contribution in [3.8, 4) is 17.2 Å². The standard InChI is InChI=1S/C20H17FN4O4/c21-16-10-13(4-5-17(16)29-15-6-7-23-18(22)11-15)24-20(28)25-19(27)9-12-2-1-3-14(26)8-12/h1-8,10-11,26H,9H2,(H2,22,23)(H2,24,25,27,28). The molecule has 0 aliphatic heterocycles. The molecule has 5 N–H and O–H groups in total. The van der Waals surface area contributed by atoms with Gasteiger partial charge in [-0.3, -0.25) is 10.1 Å². The largest absolute Gasteiger partial charge is 0.508 e. The van der Waals surface area contributed by atoms with Gasteiger partial charge in [-0.2, -0.15) is 0 Å². The van der Waals surface area contributed by atoms with Gasteiger partial charge in [0.25, 0.3) is 0 Å². The molecule has 3 rings (SSSR count). The molecular weight excluding hydrogens is 379 g/mol. The molecule has 0 radical (unpaired) electrons. The zero-order valence-electron chi connectivity index (χ0n) is 15.1. The number of urea groups is 1. The molecule has 1 heterocycles. The Morgan fingerprint density at radius 3 is 2.69 bits per heavy atom. The summed E-state index contributed by atoms with van der Waals surface area (Å²) in [5.74, 6) is -0.803. The molecule has 0 unspecified atom stereocenters. The second-order valence-electron chi connectivity index (χ2n) is 6.01. The van der Waals surface area contributed by atoms with Gasteiger partial charge < -0.3 is 20.9 Å². The molecule has 0 atom stereocenters. The molecule has 0 fully saturated rings. The lowest BCUT2D eigenvalue weighted by Gasteiger charge is -2.10. The highest BCUT2D eigenvalue weighted by Gasteiger charge is 2.12. The first-order valence-electron chi connectivity index (χ1n) is 8.47. The van der Waals surface area contributed by atoms with Gasteiger partial charge in [0.15, 0.2) is 11.6 Å². The van der Waals surface area contributed by atoms with E-state index in [1.54, 1.807) is 12.1 Å². The van der Waals surface area contributed by atoms with Gasteiger partial charge in [-0.15, -0.1) is 0 Å². The molecule has 0 bridgehead atoms. The fourth-order valence-corrected chi connectivity index (χ4v) is 2.46. The van der Waals surface area contributed by atoms with Crippen molar-refractivity contribution in [1.29, 1.82) is 0 Å². The molecule has 0 saturated carbocycles. The number of anilines is 2. The quantitative estimate of drug-likeness (QED) is 0.525. The van der Waals surface area contributed by atoms with Gasteiger partial charge in [-0.05, 0) is 35.9 Å². The molecule has 9 heteroatoms. The Kier molecular flexibility index (Phi) is 5.88. The van der Waals surface area contributed by atoms with Crippen molar-refractivity contribution < 1.29 is 23.8 Å². The molecular formula is C20H17FN4O4. The van der Waals surface area contributed by atoms with Crippen LogP contribution in [-0.4, -0.2) is 22.0 Å². The van der Waals surface area contributed by atoms with E-state index in [0.717, 1.165) is 6.07 Å². The third-order valence-electron chi connectivity index (χ3n) is 3.70.